The summed E-state index contributed by atoms with van der Waals surface area (Å²) in [5, 5.41) is 12.8. The van der Waals surface area contributed by atoms with Gasteiger partial charge in [-0.2, -0.15) is 13.2 Å². The lowest BCUT2D eigenvalue weighted by atomic mass is 9.98. The van der Waals surface area contributed by atoms with Gasteiger partial charge in [0.15, 0.2) is 0 Å². The molecule has 182 valence electrons. The van der Waals surface area contributed by atoms with Crippen LogP contribution in [0.2, 0.25) is 0 Å². The van der Waals surface area contributed by atoms with Crippen LogP contribution in [0.15, 0.2) is 48.5 Å². The number of carboxylic acids is 1. The van der Waals surface area contributed by atoms with E-state index >= 15 is 0 Å². The van der Waals surface area contributed by atoms with Crippen molar-refractivity contribution in [2.75, 3.05) is 13.2 Å². The summed E-state index contributed by atoms with van der Waals surface area (Å²) >= 11 is 0. The van der Waals surface area contributed by atoms with E-state index in [1.54, 1.807) is 5.32 Å². The largest absolute Gasteiger partial charge is 0.481 e. The zero-order valence-corrected chi connectivity index (χ0v) is 18.4. The number of rotatable bonds is 9. The summed E-state index contributed by atoms with van der Waals surface area (Å²) in [6, 6.07) is 12.6. The molecule has 34 heavy (non-hydrogen) atoms. The van der Waals surface area contributed by atoms with Crippen LogP contribution in [-0.2, 0) is 14.3 Å². The highest BCUT2D eigenvalue weighted by Crippen LogP contribution is 2.44. The quantitative estimate of drug-likeness (QED) is 0.504. The topological polar surface area (TPSA) is 105 Å². The van der Waals surface area contributed by atoms with Gasteiger partial charge in [-0.25, -0.2) is 4.79 Å². The lowest BCUT2D eigenvalue weighted by molar-refractivity contribution is -0.160. The van der Waals surface area contributed by atoms with Crippen molar-refractivity contribution < 1.29 is 37.4 Å². The van der Waals surface area contributed by atoms with Crippen molar-refractivity contribution in [2.24, 2.45) is 5.92 Å². The molecule has 2 aromatic rings. The summed E-state index contributed by atoms with van der Waals surface area (Å²) in [5.74, 6) is -3.10. The van der Waals surface area contributed by atoms with Crippen molar-refractivity contribution in [1.82, 2.24) is 10.6 Å². The van der Waals surface area contributed by atoms with E-state index in [0.717, 1.165) is 22.3 Å². The first-order chi connectivity index (χ1) is 16.1. The number of hydrogen-bond acceptors (Lipinski definition) is 4. The first-order valence-electron chi connectivity index (χ1n) is 10.8. The molecule has 0 radical (unpaired) electrons. The Bertz CT molecular complexity index is 1010. The normalized spacial score (nSPS) is 14.5. The molecule has 1 aliphatic rings. The third-order valence-corrected chi connectivity index (χ3v) is 5.74. The Morgan fingerprint density at radius 2 is 1.59 bits per heavy atom. The molecule has 2 aromatic carbocycles. The summed E-state index contributed by atoms with van der Waals surface area (Å²) in [5.41, 5.74) is 3.79. The number of benzene rings is 2. The maximum Gasteiger partial charge on any atom is 0.409 e. The summed E-state index contributed by atoms with van der Waals surface area (Å²) < 4.78 is 45.4. The third-order valence-electron chi connectivity index (χ3n) is 5.74. The van der Waals surface area contributed by atoms with Crippen molar-refractivity contribution in [2.45, 2.75) is 37.9 Å². The molecule has 7 nitrogen and oxygen atoms in total. The lowest BCUT2D eigenvalue weighted by Gasteiger charge is -2.22. The molecule has 3 N–H and O–H groups in total. The zero-order valence-electron chi connectivity index (χ0n) is 18.4. The molecule has 0 bridgehead atoms. The molecule has 1 aliphatic carbocycles. The highest BCUT2D eigenvalue weighted by molar-refractivity contribution is 5.79. The third kappa shape index (κ3) is 6.06. The smallest absolute Gasteiger partial charge is 0.409 e. The monoisotopic (exact) mass is 478 g/mol. The fourth-order valence-corrected chi connectivity index (χ4v) is 3.84. The van der Waals surface area contributed by atoms with Gasteiger partial charge in [0.25, 0.3) is 0 Å². The van der Waals surface area contributed by atoms with Crippen LogP contribution in [0.4, 0.5) is 18.0 Å². The standard InChI is InChI=1S/C24H25F3N2O5/c1-14(22(31)32)10-11-28-21(30)12-20(24(25,26)27)29-23(33)34-13-19-17-8-4-2-6-15(17)16-7-3-5-9-18(16)19/h2-9,14,19-20H,10-13H2,1H3,(H,28,30)(H,29,33)(H,31,32). The molecule has 0 saturated heterocycles. The van der Waals surface area contributed by atoms with Crippen LogP contribution in [0.25, 0.3) is 11.1 Å². The van der Waals surface area contributed by atoms with Crippen LogP contribution >= 0.6 is 0 Å². The number of carbonyl (C=O) groups is 3. The van der Waals surface area contributed by atoms with Gasteiger partial charge in [0, 0.05) is 12.5 Å². The Hall–Kier alpha value is -3.56. The first-order valence-corrected chi connectivity index (χ1v) is 10.8. The van der Waals surface area contributed by atoms with Gasteiger partial charge in [0.05, 0.1) is 12.3 Å². The Kier molecular flexibility index (Phi) is 7.80. The van der Waals surface area contributed by atoms with Gasteiger partial charge in [0.1, 0.15) is 12.6 Å². The van der Waals surface area contributed by atoms with Crippen molar-refractivity contribution >= 4 is 18.0 Å². The fourth-order valence-electron chi connectivity index (χ4n) is 3.84. The van der Waals surface area contributed by atoms with Gasteiger partial charge in [-0.05, 0) is 28.7 Å². The number of halogens is 3. The second-order valence-electron chi connectivity index (χ2n) is 8.15. The number of amides is 2. The Balaban J connectivity index is 1.57. The zero-order chi connectivity index (χ0) is 24.9. The molecular weight excluding hydrogens is 453 g/mol. The summed E-state index contributed by atoms with van der Waals surface area (Å²) in [6.07, 6.45) is -7.14. The molecule has 3 rings (SSSR count). The maximum absolute atomic E-state index is 13.4. The molecule has 2 amide bonds. The summed E-state index contributed by atoms with van der Waals surface area (Å²) in [6.45, 7) is 1.16. The van der Waals surface area contributed by atoms with E-state index in [1.807, 2.05) is 48.5 Å². The van der Waals surface area contributed by atoms with Crippen molar-refractivity contribution in [3.63, 3.8) is 0 Å². The van der Waals surface area contributed by atoms with Gasteiger partial charge in [0.2, 0.25) is 5.91 Å². The number of hydrogen-bond donors (Lipinski definition) is 3. The Morgan fingerprint density at radius 3 is 2.12 bits per heavy atom. The van der Waals surface area contributed by atoms with Crippen molar-refractivity contribution in [3.05, 3.63) is 59.7 Å². The number of alkyl carbamates (subject to hydrolysis) is 1. The number of fused-ring (bicyclic) bond motifs is 3. The number of nitrogens with one attached hydrogen (secondary N) is 2. The molecule has 0 aromatic heterocycles. The maximum atomic E-state index is 13.4. The van der Waals surface area contributed by atoms with Gasteiger partial charge in [-0.15, -0.1) is 0 Å². The molecule has 0 fully saturated rings. The summed E-state index contributed by atoms with van der Waals surface area (Å²) in [7, 11) is 0. The van der Waals surface area contributed by atoms with Crippen LogP contribution in [0.5, 0.6) is 0 Å². The molecule has 0 spiro atoms. The van der Waals surface area contributed by atoms with Crippen LogP contribution in [0, 0.1) is 5.92 Å². The van der Waals surface area contributed by atoms with E-state index in [-0.39, 0.29) is 25.5 Å². The highest BCUT2D eigenvalue weighted by atomic mass is 19.4. The van der Waals surface area contributed by atoms with Crippen LogP contribution < -0.4 is 10.6 Å². The molecule has 0 heterocycles. The van der Waals surface area contributed by atoms with Gasteiger partial charge < -0.3 is 20.5 Å². The number of alkyl halides is 3. The van der Waals surface area contributed by atoms with Gasteiger partial charge in [-0.1, -0.05) is 55.5 Å². The molecule has 10 heteroatoms. The van der Waals surface area contributed by atoms with E-state index in [1.165, 1.54) is 6.92 Å². The van der Waals surface area contributed by atoms with Crippen LogP contribution in [0.3, 0.4) is 0 Å². The molecule has 0 saturated carbocycles. The van der Waals surface area contributed by atoms with Crippen LogP contribution in [-0.4, -0.2) is 48.4 Å². The van der Waals surface area contributed by atoms with E-state index in [9.17, 15) is 27.6 Å². The SMILES string of the molecule is CC(CCNC(=O)CC(NC(=O)OCC1c2ccccc2-c2ccccc21)C(F)(F)F)C(=O)O. The van der Waals surface area contributed by atoms with Crippen molar-refractivity contribution in [3.8, 4) is 11.1 Å². The molecule has 0 aliphatic heterocycles. The second kappa shape index (κ2) is 10.6. The first kappa shape index (κ1) is 25.1. The highest BCUT2D eigenvalue weighted by Gasteiger charge is 2.42. The minimum absolute atomic E-state index is 0.0670. The second-order valence-corrected chi connectivity index (χ2v) is 8.15. The fraction of sp³-hybridized carbons (Fsp3) is 0.375. The number of carboxylic acid groups (broad SMARTS) is 1. The van der Waals surface area contributed by atoms with E-state index in [0.29, 0.717) is 0 Å². The minimum atomic E-state index is -4.88. The lowest BCUT2D eigenvalue weighted by Crippen LogP contribution is -2.48. The van der Waals surface area contributed by atoms with Gasteiger partial charge in [-0.3, -0.25) is 9.59 Å². The van der Waals surface area contributed by atoms with E-state index in [4.69, 9.17) is 9.84 Å². The Morgan fingerprint density at radius 1 is 1.03 bits per heavy atom. The average molecular weight is 478 g/mol. The molecule has 2 atom stereocenters. The van der Waals surface area contributed by atoms with Crippen molar-refractivity contribution in [1.29, 1.82) is 0 Å². The van der Waals surface area contributed by atoms with E-state index in [2.05, 4.69) is 5.32 Å². The molecule has 2 unspecified atom stereocenters. The molecular formula is C24H25F3N2O5. The Labute approximate surface area is 194 Å². The predicted octanol–water partition coefficient (Wildman–Crippen LogP) is 4.07. The minimum Gasteiger partial charge on any atom is -0.481 e. The average Bonchev–Trinajstić information content (AvgIpc) is 3.10. The number of ether oxygens (including phenoxy) is 1. The number of aliphatic carboxylic acids is 1. The van der Waals surface area contributed by atoms with Gasteiger partial charge >= 0.3 is 18.2 Å². The summed E-state index contributed by atoms with van der Waals surface area (Å²) in [4.78, 5) is 34.9. The predicted molar refractivity (Wildman–Crippen MR) is 117 cm³/mol. The van der Waals surface area contributed by atoms with Crippen LogP contribution in [0.1, 0.15) is 36.8 Å². The van der Waals surface area contributed by atoms with E-state index < -0.39 is 42.5 Å². The number of carbonyl (C=O) groups excluding carboxylic acids is 2.